The van der Waals surface area contributed by atoms with Crippen LogP contribution in [-0.2, 0) is 14.4 Å². The number of hydrogen-bond acceptors (Lipinski definition) is 3. The number of ketones is 3. The maximum Gasteiger partial charge on any atom is 0.155 e. The lowest BCUT2D eigenvalue weighted by Crippen LogP contribution is -2.43. The Hall–Kier alpha value is -1.25. The Kier molecular flexibility index (Phi) is 4.81. The topological polar surface area (TPSA) is 51.2 Å². The highest BCUT2D eigenvalue weighted by Gasteiger charge is 2.54. The first kappa shape index (κ1) is 17.6. The van der Waals surface area contributed by atoms with Gasteiger partial charge in [-0.25, -0.2) is 0 Å². The van der Waals surface area contributed by atoms with Gasteiger partial charge in [0.1, 0.15) is 11.6 Å². The molecule has 0 aromatic heterocycles. The Morgan fingerprint density at radius 1 is 1.21 bits per heavy atom. The monoisotopic (exact) mass is 330 g/mol. The van der Waals surface area contributed by atoms with Gasteiger partial charge >= 0.3 is 0 Å². The predicted molar refractivity (Wildman–Crippen MR) is 93.5 cm³/mol. The van der Waals surface area contributed by atoms with Gasteiger partial charge < -0.3 is 0 Å². The first-order chi connectivity index (χ1) is 11.3. The molecule has 3 heteroatoms. The molecule has 1 unspecified atom stereocenters. The van der Waals surface area contributed by atoms with Crippen molar-refractivity contribution in [3.05, 3.63) is 11.6 Å². The van der Waals surface area contributed by atoms with Crippen LogP contribution >= 0.6 is 0 Å². The van der Waals surface area contributed by atoms with Gasteiger partial charge in [0.05, 0.1) is 0 Å². The van der Waals surface area contributed by atoms with E-state index in [-0.39, 0.29) is 23.0 Å². The molecule has 0 heterocycles. The summed E-state index contributed by atoms with van der Waals surface area (Å²) in [6.07, 6.45) is 8.58. The lowest BCUT2D eigenvalue weighted by molar-refractivity contribution is -0.135. The van der Waals surface area contributed by atoms with E-state index in [2.05, 4.69) is 13.8 Å². The maximum atomic E-state index is 12.6. The molecule has 24 heavy (non-hydrogen) atoms. The number of hydrogen-bond donors (Lipinski definition) is 0. The van der Waals surface area contributed by atoms with Gasteiger partial charge in [0.25, 0.3) is 0 Å². The quantitative estimate of drug-likeness (QED) is 0.772. The van der Waals surface area contributed by atoms with Gasteiger partial charge in [-0.1, -0.05) is 19.4 Å². The Balaban J connectivity index is 1.74. The standard InChI is InChI=1S/C21H30O3/c1-13-4-6-16(23)12-15(13)5-7-17-19-9-8-18(14(2)22)21(19,3)11-10-20(17)24/h12-13,17-19H,4-11H2,1-3H3/t13-,17?,18+,19-,21+/m0/s1. The normalized spacial score (nSPS) is 39.5. The summed E-state index contributed by atoms with van der Waals surface area (Å²) in [5.41, 5.74) is 1.24. The van der Waals surface area contributed by atoms with E-state index in [1.54, 1.807) is 6.92 Å². The van der Waals surface area contributed by atoms with Crippen molar-refractivity contribution in [3.8, 4) is 0 Å². The van der Waals surface area contributed by atoms with E-state index in [1.165, 1.54) is 5.57 Å². The molecule has 0 bridgehead atoms. The zero-order valence-corrected chi connectivity index (χ0v) is 15.3. The van der Waals surface area contributed by atoms with E-state index in [0.29, 0.717) is 36.2 Å². The van der Waals surface area contributed by atoms with Gasteiger partial charge in [0.15, 0.2) is 5.78 Å². The van der Waals surface area contributed by atoms with E-state index in [0.717, 1.165) is 38.5 Å². The third kappa shape index (κ3) is 3.02. The fourth-order valence-electron chi connectivity index (χ4n) is 5.72. The molecule has 132 valence electrons. The van der Waals surface area contributed by atoms with Crippen molar-refractivity contribution in [2.24, 2.45) is 29.1 Å². The molecule has 3 nitrogen and oxygen atoms in total. The van der Waals surface area contributed by atoms with Crippen LogP contribution in [0.25, 0.3) is 0 Å². The minimum absolute atomic E-state index is 0.00674. The Morgan fingerprint density at radius 2 is 1.96 bits per heavy atom. The van der Waals surface area contributed by atoms with E-state index in [4.69, 9.17) is 0 Å². The van der Waals surface area contributed by atoms with Crippen molar-refractivity contribution in [3.63, 3.8) is 0 Å². The summed E-state index contributed by atoms with van der Waals surface area (Å²) >= 11 is 0. The van der Waals surface area contributed by atoms with Gasteiger partial charge in [-0.15, -0.1) is 0 Å². The molecule has 0 N–H and O–H groups in total. The molecule has 5 atom stereocenters. The lowest BCUT2D eigenvalue weighted by atomic mass is 9.59. The van der Waals surface area contributed by atoms with Crippen LogP contribution < -0.4 is 0 Å². The highest BCUT2D eigenvalue weighted by Crippen LogP contribution is 2.57. The van der Waals surface area contributed by atoms with Crippen LogP contribution in [0.3, 0.4) is 0 Å². The summed E-state index contributed by atoms with van der Waals surface area (Å²) in [5, 5.41) is 0. The fourth-order valence-corrected chi connectivity index (χ4v) is 5.72. The molecule has 0 saturated heterocycles. The summed E-state index contributed by atoms with van der Waals surface area (Å²) in [5.74, 6) is 1.94. The number of carbonyl (C=O) groups excluding carboxylic acids is 3. The van der Waals surface area contributed by atoms with Crippen molar-refractivity contribution in [1.82, 2.24) is 0 Å². The van der Waals surface area contributed by atoms with Crippen LogP contribution in [0.2, 0.25) is 0 Å². The van der Waals surface area contributed by atoms with Crippen molar-refractivity contribution >= 4 is 17.3 Å². The Labute approximate surface area is 145 Å². The Bertz CT molecular complexity index is 588. The molecule has 0 radical (unpaired) electrons. The molecule has 0 spiro atoms. The first-order valence-electron chi connectivity index (χ1n) is 9.59. The van der Waals surface area contributed by atoms with Crippen LogP contribution in [-0.4, -0.2) is 17.3 Å². The lowest BCUT2D eigenvalue weighted by Gasteiger charge is -2.44. The summed E-state index contributed by atoms with van der Waals surface area (Å²) in [6.45, 7) is 6.14. The van der Waals surface area contributed by atoms with Crippen molar-refractivity contribution < 1.29 is 14.4 Å². The molecule has 0 amide bonds. The van der Waals surface area contributed by atoms with E-state index >= 15 is 0 Å². The molecule has 0 aliphatic heterocycles. The van der Waals surface area contributed by atoms with Crippen molar-refractivity contribution in [2.75, 3.05) is 0 Å². The highest BCUT2D eigenvalue weighted by atomic mass is 16.1. The Morgan fingerprint density at radius 3 is 2.67 bits per heavy atom. The molecular weight excluding hydrogens is 300 g/mol. The number of allylic oxidation sites excluding steroid dienone is 2. The number of rotatable bonds is 4. The van der Waals surface area contributed by atoms with Gasteiger partial charge in [0.2, 0.25) is 0 Å². The van der Waals surface area contributed by atoms with Crippen LogP contribution in [0.5, 0.6) is 0 Å². The number of carbonyl (C=O) groups is 3. The van der Waals surface area contributed by atoms with Gasteiger partial charge in [-0.3, -0.25) is 14.4 Å². The first-order valence-corrected chi connectivity index (χ1v) is 9.59. The minimum Gasteiger partial charge on any atom is -0.300 e. The SMILES string of the molecule is CC(=O)[C@H]1CC[C@H]2C(CCC3=CC(=O)CC[C@@H]3C)C(=O)CC[C@]12C. The molecule has 0 aromatic rings. The number of fused-ring (bicyclic) bond motifs is 1. The summed E-state index contributed by atoms with van der Waals surface area (Å²) in [6, 6.07) is 0. The summed E-state index contributed by atoms with van der Waals surface area (Å²) in [4.78, 5) is 36.4. The molecule has 2 fully saturated rings. The largest absolute Gasteiger partial charge is 0.300 e. The average molecular weight is 330 g/mol. The van der Waals surface area contributed by atoms with Gasteiger partial charge in [0, 0.05) is 24.7 Å². The van der Waals surface area contributed by atoms with Crippen LogP contribution in [0, 0.1) is 29.1 Å². The predicted octanol–water partition coefficient (Wildman–Crippen LogP) is 4.29. The van der Waals surface area contributed by atoms with E-state index < -0.39 is 0 Å². The third-order valence-electron chi connectivity index (χ3n) is 7.26. The highest BCUT2D eigenvalue weighted by molar-refractivity contribution is 5.91. The third-order valence-corrected chi connectivity index (χ3v) is 7.26. The fraction of sp³-hybridized carbons (Fsp3) is 0.762. The second-order valence-corrected chi connectivity index (χ2v) is 8.59. The van der Waals surface area contributed by atoms with Crippen LogP contribution in [0.1, 0.15) is 72.1 Å². The summed E-state index contributed by atoms with van der Waals surface area (Å²) < 4.78 is 0. The zero-order valence-electron chi connectivity index (χ0n) is 15.3. The zero-order chi connectivity index (χ0) is 17.5. The van der Waals surface area contributed by atoms with E-state index in [1.807, 2.05) is 6.08 Å². The van der Waals surface area contributed by atoms with Crippen LogP contribution in [0.15, 0.2) is 11.6 Å². The molecule has 3 rings (SSSR count). The molecule has 2 saturated carbocycles. The second kappa shape index (κ2) is 6.57. The average Bonchev–Trinajstić information content (AvgIpc) is 2.87. The molecule has 0 aromatic carbocycles. The van der Waals surface area contributed by atoms with Crippen molar-refractivity contribution in [2.45, 2.75) is 72.1 Å². The van der Waals surface area contributed by atoms with Crippen LogP contribution in [0.4, 0.5) is 0 Å². The second-order valence-electron chi connectivity index (χ2n) is 8.59. The molecule has 3 aliphatic rings. The smallest absolute Gasteiger partial charge is 0.155 e. The summed E-state index contributed by atoms with van der Waals surface area (Å²) in [7, 11) is 0. The maximum absolute atomic E-state index is 12.6. The van der Waals surface area contributed by atoms with Gasteiger partial charge in [-0.05, 0) is 68.8 Å². The minimum atomic E-state index is 0.00674. The van der Waals surface area contributed by atoms with Crippen molar-refractivity contribution in [1.29, 1.82) is 0 Å². The molecular formula is C21H30O3. The molecule has 3 aliphatic carbocycles. The number of Topliss-reactive ketones (excluding diaryl/α,β-unsaturated/α-hetero) is 2. The van der Waals surface area contributed by atoms with Gasteiger partial charge in [-0.2, -0.15) is 0 Å². The van der Waals surface area contributed by atoms with E-state index in [9.17, 15) is 14.4 Å².